The van der Waals surface area contributed by atoms with Crippen molar-refractivity contribution in [3.8, 4) is 28.3 Å². The normalized spacial score (nSPS) is 12.0. The number of hydrogen-bond acceptors (Lipinski definition) is 4. The minimum absolute atomic E-state index is 0.0785. The number of sulfonamides is 1. The summed E-state index contributed by atoms with van der Waals surface area (Å²) in [6.45, 7) is 0. The van der Waals surface area contributed by atoms with Gasteiger partial charge in [-0.2, -0.15) is 18.4 Å². The van der Waals surface area contributed by atoms with Gasteiger partial charge in [-0.25, -0.2) is 13.1 Å². The number of halogens is 3. The molecule has 0 aliphatic heterocycles. The number of para-hydroxylation sites is 1. The average Bonchev–Trinajstić information content (AvgIpc) is 2.82. The number of fused-ring (bicyclic) bond motifs is 1. The van der Waals surface area contributed by atoms with E-state index < -0.39 is 21.8 Å². The second-order valence-electron chi connectivity index (χ2n) is 7.17. The highest BCUT2D eigenvalue weighted by Crippen LogP contribution is 2.39. The fraction of sp³-hybridized carbons (Fsp3) is 0.0833. The van der Waals surface area contributed by atoms with Crippen molar-refractivity contribution in [2.45, 2.75) is 11.1 Å². The van der Waals surface area contributed by atoms with Gasteiger partial charge in [-0.15, -0.1) is 0 Å². The van der Waals surface area contributed by atoms with Crippen LogP contribution in [-0.4, -0.2) is 20.4 Å². The van der Waals surface area contributed by atoms with Crippen molar-refractivity contribution >= 4 is 20.9 Å². The van der Waals surface area contributed by atoms with Gasteiger partial charge in [-0.1, -0.05) is 42.5 Å². The zero-order valence-electron chi connectivity index (χ0n) is 17.2. The van der Waals surface area contributed by atoms with E-state index in [1.54, 1.807) is 36.4 Å². The van der Waals surface area contributed by atoms with Crippen LogP contribution in [0.4, 0.5) is 13.2 Å². The number of pyridine rings is 1. The van der Waals surface area contributed by atoms with Gasteiger partial charge < -0.3 is 0 Å². The summed E-state index contributed by atoms with van der Waals surface area (Å²) in [4.78, 5) is 4.00. The number of nitrogens with one attached hydrogen (secondary N) is 1. The molecule has 4 rings (SSSR count). The first-order valence-electron chi connectivity index (χ1n) is 9.69. The van der Waals surface area contributed by atoms with Gasteiger partial charge in [-0.3, -0.25) is 4.98 Å². The fourth-order valence-electron chi connectivity index (χ4n) is 3.66. The summed E-state index contributed by atoms with van der Waals surface area (Å²) in [5, 5.41) is 9.82. The first kappa shape index (κ1) is 22.5. The summed E-state index contributed by atoms with van der Waals surface area (Å²) in [7, 11) is -2.34. The number of benzene rings is 3. The fourth-order valence-corrected chi connectivity index (χ4v) is 4.44. The van der Waals surface area contributed by atoms with Gasteiger partial charge in [0.2, 0.25) is 10.0 Å². The molecule has 33 heavy (non-hydrogen) atoms. The Morgan fingerprint density at radius 2 is 1.58 bits per heavy atom. The van der Waals surface area contributed by atoms with E-state index in [-0.39, 0.29) is 21.4 Å². The van der Waals surface area contributed by atoms with E-state index >= 15 is 0 Å². The summed E-state index contributed by atoms with van der Waals surface area (Å²) in [6.07, 6.45) is -3.46. The Kier molecular flexibility index (Phi) is 5.66. The number of nitrogens with zero attached hydrogens (tertiary/aromatic N) is 2. The molecule has 3 aromatic carbocycles. The van der Waals surface area contributed by atoms with Crippen LogP contribution >= 0.6 is 0 Å². The maximum atomic E-state index is 13.5. The Labute approximate surface area is 188 Å². The maximum Gasteiger partial charge on any atom is 0.418 e. The van der Waals surface area contributed by atoms with E-state index in [9.17, 15) is 26.9 Å². The van der Waals surface area contributed by atoms with Crippen molar-refractivity contribution in [2.24, 2.45) is 0 Å². The first-order valence-corrected chi connectivity index (χ1v) is 11.2. The summed E-state index contributed by atoms with van der Waals surface area (Å²) in [6, 6.07) is 18.9. The molecule has 0 atom stereocenters. The molecule has 1 heterocycles. The second kappa shape index (κ2) is 8.31. The van der Waals surface area contributed by atoms with Gasteiger partial charge in [-0.05, 0) is 48.0 Å². The number of aromatic nitrogens is 1. The Morgan fingerprint density at radius 1 is 0.939 bits per heavy atom. The molecule has 0 bridgehead atoms. The standard InChI is InChI=1S/C24H16F3N3O2S/c1-29-33(31,32)19-8-3-6-16(12-19)15-5-2-7-17(11-15)22-18(13-28)14-30-23-20(22)9-4-10-21(23)24(25,26)27/h2-12,14,29H,1H3. The minimum Gasteiger partial charge on any atom is -0.254 e. The lowest BCUT2D eigenvalue weighted by molar-refractivity contribution is -0.136. The van der Waals surface area contributed by atoms with Crippen LogP contribution in [0.1, 0.15) is 11.1 Å². The van der Waals surface area contributed by atoms with Crippen molar-refractivity contribution in [3.05, 3.63) is 84.1 Å². The predicted octanol–water partition coefficient (Wildman–Crippen LogP) is 5.37. The molecule has 0 aliphatic rings. The van der Waals surface area contributed by atoms with E-state index in [4.69, 9.17) is 0 Å². The van der Waals surface area contributed by atoms with Crippen LogP contribution in [0.15, 0.2) is 77.8 Å². The first-order chi connectivity index (χ1) is 15.7. The third kappa shape index (κ3) is 4.18. The smallest absolute Gasteiger partial charge is 0.254 e. The Balaban J connectivity index is 1.94. The highest BCUT2D eigenvalue weighted by molar-refractivity contribution is 7.89. The van der Waals surface area contributed by atoms with E-state index in [1.807, 2.05) is 6.07 Å². The van der Waals surface area contributed by atoms with E-state index in [0.717, 1.165) is 12.3 Å². The quantitative estimate of drug-likeness (QED) is 0.438. The van der Waals surface area contributed by atoms with Crippen LogP contribution in [0.5, 0.6) is 0 Å². The molecule has 1 N–H and O–H groups in total. The third-order valence-corrected chi connectivity index (χ3v) is 6.63. The molecule has 9 heteroatoms. The monoisotopic (exact) mass is 467 g/mol. The van der Waals surface area contributed by atoms with Crippen molar-refractivity contribution in [3.63, 3.8) is 0 Å². The van der Waals surface area contributed by atoms with Gasteiger partial charge >= 0.3 is 6.18 Å². The van der Waals surface area contributed by atoms with Gasteiger partial charge in [0.1, 0.15) is 6.07 Å². The van der Waals surface area contributed by atoms with Crippen LogP contribution in [0, 0.1) is 11.3 Å². The lowest BCUT2D eigenvalue weighted by atomic mass is 9.93. The Morgan fingerprint density at radius 3 is 2.24 bits per heavy atom. The minimum atomic E-state index is -4.60. The van der Waals surface area contributed by atoms with Gasteiger partial charge in [0, 0.05) is 17.1 Å². The molecule has 0 fully saturated rings. The van der Waals surface area contributed by atoms with Gasteiger partial charge in [0.25, 0.3) is 0 Å². The van der Waals surface area contributed by atoms with Crippen molar-refractivity contribution in [1.82, 2.24) is 9.71 Å². The van der Waals surface area contributed by atoms with Crippen LogP contribution in [0.25, 0.3) is 33.2 Å². The van der Waals surface area contributed by atoms with Crippen LogP contribution in [0.2, 0.25) is 0 Å². The zero-order chi connectivity index (χ0) is 23.8. The lowest BCUT2D eigenvalue weighted by Gasteiger charge is -2.14. The molecule has 5 nitrogen and oxygen atoms in total. The largest absolute Gasteiger partial charge is 0.418 e. The number of nitriles is 1. The lowest BCUT2D eigenvalue weighted by Crippen LogP contribution is -2.18. The number of hydrogen-bond donors (Lipinski definition) is 1. The van der Waals surface area contributed by atoms with Crippen LogP contribution in [0.3, 0.4) is 0 Å². The summed E-state index contributed by atoms with van der Waals surface area (Å²) in [5.74, 6) is 0. The van der Waals surface area contributed by atoms with Crippen LogP contribution in [-0.2, 0) is 16.2 Å². The number of rotatable bonds is 4. The van der Waals surface area contributed by atoms with Crippen molar-refractivity contribution in [2.75, 3.05) is 7.05 Å². The molecule has 0 aliphatic carbocycles. The molecule has 4 aromatic rings. The molecule has 0 amide bonds. The van der Waals surface area contributed by atoms with Crippen molar-refractivity contribution < 1.29 is 21.6 Å². The third-order valence-electron chi connectivity index (χ3n) is 5.22. The molecule has 0 radical (unpaired) electrons. The average molecular weight is 467 g/mol. The maximum absolute atomic E-state index is 13.5. The molecule has 0 spiro atoms. The Hall–Kier alpha value is -3.74. The van der Waals surface area contributed by atoms with Gasteiger partial charge in [0.05, 0.1) is 21.5 Å². The predicted molar refractivity (Wildman–Crippen MR) is 119 cm³/mol. The highest BCUT2D eigenvalue weighted by Gasteiger charge is 2.33. The van der Waals surface area contributed by atoms with Gasteiger partial charge in [0.15, 0.2) is 0 Å². The molecule has 0 saturated heterocycles. The molecule has 1 aromatic heterocycles. The van der Waals surface area contributed by atoms with E-state index in [2.05, 4.69) is 9.71 Å². The van der Waals surface area contributed by atoms with Crippen molar-refractivity contribution in [1.29, 1.82) is 5.26 Å². The topological polar surface area (TPSA) is 82.9 Å². The molecular formula is C24H16F3N3O2S. The van der Waals surface area contributed by atoms with E-state index in [1.165, 1.54) is 31.3 Å². The summed E-state index contributed by atoms with van der Waals surface area (Å²) in [5.41, 5.74) is 1.08. The molecule has 0 saturated carbocycles. The summed E-state index contributed by atoms with van der Waals surface area (Å²) >= 11 is 0. The second-order valence-corrected chi connectivity index (χ2v) is 9.06. The summed E-state index contributed by atoms with van der Waals surface area (Å²) < 4.78 is 67.2. The highest BCUT2D eigenvalue weighted by atomic mass is 32.2. The van der Waals surface area contributed by atoms with E-state index in [0.29, 0.717) is 22.3 Å². The molecular weight excluding hydrogens is 451 g/mol. The number of alkyl halides is 3. The zero-order valence-corrected chi connectivity index (χ0v) is 18.0. The van der Waals surface area contributed by atoms with Crippen LogP contribution < -0.4 is 4.72 Å². The molecule has 0 unspecified atom stereocenters. The molecule has 166 valence electrons. The SMILES string of the molecule is CNS(=O)(=O)c1cccc(-c2cccc(-c3c(C#N)cnc4c(C(F)(F)F)cccc34)c2)c1. The Bertz CT molecular complexity index is 1520.